The summed E-state index contributed by atoms with van der Waals surface area (Å²) < 4.78 is 5.27. The molecule has 1 amide bonds. The predicted octanol–water partition coefficient (Wildman–Crippen LogP) is 1.01. The van der Waals surface area contributed by atoms with E-state index in [0.29, 0.717) is 18.4 Å². The van der Waals surface area contributed by atoms with Gasteiger partial charge in [0.2, 0.25) is 5.89 Å². The van der Waals surface area contributed by atoms with E-state index in [9.17, 15) is 4.79 Å². The van der Waals surface area contributed by atoms with E-state index < -0.39 is 0 Å². The number of carbonyl (C=O) groups excluding carboxylic acids is 1. The van der Waals surface area contributed by atoms with Crippen molar-refractivity contribution in [1.82, 2.24) is 15.2 Å². The molecule has 1 rings (SSSR count). The minimum absolute atomic E-state index is 0.228. The predicted molar refractivity (Wildman–Crippen MR) is 73.8 cm³/mol. The number of likely N-dealkylation sites (N-methyl/N-ethyl adjacent to an activating group) is 1. The van der Waals surface area contributed by atoms with Gasteiger partial charge in [0.05, 0.1) is 6.04 Å². The number of rotatable bonds is 7. The number of amides is 1. The largest absolute Gasteiger partial charge is 0.446 e. The first kappa shape index (κ1) is 15.7. The number of hydrogen-bond donors (Lipinski definition) is 2. The molecule has 19 heavy (non-hydrogen) atoms. The smallest absolute Gasteiger partial charge is 0.273 e. The van der Waals surface area contributed by atoms with Gasteiger partial charge in [0.15, 0.2) is 5.69 Å². The van der Waals surface area contributed by atoms with Crippen LogP contribution in [-0.4, -0.2) is 43.0 Å². The molecule has 6 nitrogen and oxygen atoms in total. The Morgan fingerprint density at radius 2 is 2.21 bits per heavy atom. The van der Waals surface area contributed by atoms with Crippen LogP contribution in [0.3, 0.4) is 0 Å². The average Bonchev–Trinajstić information content (AvgIpc) is 2.76. The molecule has 0 aromatic carbocycles. The van der Waals surface area contributed by atoms with Crippen molar-refractivity contribution >= 4 is 5.91 Å². The molecule has 108 valence electrons. The van der Waals surface area contributed by atoms with E-state index in [4.69, 9.17) is 10.2 Å². The summed E-state index contributed by atoms with van der Waals surface area (Å²) in [5, 5.41) is 2.78. The van der Waals surface area contributed by atoms with Gasteiger partial charge in [0, 0.05) is 13.1 Å². The van der Waals surface area contributed by atoms with Crippen LogP contribution < -0.4 is 11.1 Å². The Labute approximate surface area is 114 Å². The highest BCUT2D eigenvalue weighted by Gasteiger charge is 2.17. The molecular weight excluding hydrogens is 244 g/mol. The van der Waals surface area contributed by atoms with Crippen LogP contribution in [0, 0.1) is 5.92 Å². The average molecular weight is 268 g/mol. The van der Waals surface area contributed by atoms with Crippen LogP contribution in [0.25, 0.3) is 0 Å². The van der Waals surface area contributed by atoms with E-state index in [0.717, 1.165) is 13.0 Å². The minimum atomic E-state index is -0.261. The molecule has 1 unspecified atom stereocenters. The Balaban J connectivity index is 2.51. The topological polar surface area (TPSA) is 84.4 Å². The Hall–Kier alpha value is -1.40. The highest BCUT2D eigenvalue weighted by atomic mass is 16.3. The number of nitrogens with two attached hydrogens (primary N) is 1. The zero-order chi connectivity index (χ0) is 14.4. The molecule has 0 saturated heterocycles. The third-order valence-corrected chi connectivity index (χ3v) is 2.64. The van der Waals surface area contributed by atoms with Gasteiger partial charge in [-0.05, 0) is 26.4 Å². The van der Waals surface area contributed by atoms with Gasteiger partial charge in [-0.15, -0.1) is 0 Å². The van der Waals surface area contributed by atoms with Gasteiger partial charge < -0.3 is 20.4 Å². The number of carbonyl (C=O) groups is 1. The van der Waals surface area contributed by atoms with Gasteiger partial charge in [0.1, 0.15) is 6.26 Å². The molecule has 1 heterocycles. The van der Waals surface area contributed by atoms with Crippen LogP contribution in [0.1, 0.15) is 42.7 Å². The van der Waals surface area contributed by atoms with Gasteiger partial charge in [-0.25, -0.2) is 4.98 Å². The van der Waals surface area contributed by atoms with Crippen LogP contribution in [0.15, 0.2) is 10.7 Å². The van der Waals surface area contributed by atoms with Crippen molar-refractivity contribution in [3.8, 4) is 0 Å². The van der Waals surface area contributed by atoms with Crippen molar-refractivity contribution in [2.45, 2.75) is 26.3 Å². The number of aromatic nitrogens is 1. The fourth-order valence-electron chi connectivity index (χ4n) is 1.65. The SMILES string of the molecule is CC(C)CC(N)c1nc(C(=O)NCCN(C)C)co1. The fraction of sp³-hybridized carbons (Fsp3) is 0.692. The third-order valence-electron chi connectivity index (χ3n) is 2.64. The van der Waals surface area contributed by atoms with E-state index in [1.807, 2.05) is 19.0 Å². The second-order valence-electron chi connectivity index (χ2n) is 5.37. The maximum atomic E-state index is 11.8. The lowest BCUT2D eigenvalue weighted by atomic mass is 10.0. The molecule has 1 atom stereocenters. The monoisotopic (exact) mass is 268 g/mol. The molecule has 0 spiro atoms. The first-order chi connectivity index (χ1) is 8.90. The van der Waals surface area contributed by atoms with E-state index in [2.05, 4.69) is 24.1 Å². The maximum Gasteiger partial charge on any atom is 0.273 e. The molecule has 0 bridgehead atoms. The van der Waals surface area contributed by atoms with Crippen LogP contribution in [0.4, 0.5) is 0 Å². The first-order valence-electron chi connectivity index (χ1n) is 6.54. The highest BCUT2D eigenvalue weighted by molar-refractivity contribution is 5.91. The number of nitrogens with zero attached hydrogens (tertiary/aromatic N) is 2. The Kier molecular flexibility index (Phi) is 5.98. The normalized spacial score (nSPS) is 13.0. The van der Waals surface area contributed by atoms with Gasteiger partial charge in [-0.2, -0.15) is 0 Å². The van der Waals surface area contributed by atoms with Gasteiger partial charge >= 0.3 is 0 Å². The lowest BCUT2D eigenvalue weighted by Crippen LogP contribution is -2.31. The number of nitrogens with one attached hydrogen (secondary N) is 1. The Morgan fingerprint density at radius 3 is 2.79 bits per heavy atom. The molecule has 0 aliphatic carbocycles. The summed E-state index contributed by atoms with van der Waals surface area (Å²) in [5.41, 5.74) is 6.24. The van der Waals surface area contributed by atoms with Crippen molar-refractivity contribution in [2.24, 2.45) is 11.7 Å². The lowest BCUT2D eigenvalue weighted by molar-refractivity contribution is 0.0946. The summed E-state index contributed by atoms with van der Waals surface area (Å²) in [5.74, 6) is 0.652. The fourth-order valence-corrected chi connectivity index (χ4v) is 1.65. The molecule has 1 aromatic heterocycles. The van der Waals surface area contributed by atoms with Crippen LogP contribution in [-0.2, 0) is 0 Å². The quantitative estimate of drug-likeness (QED) is 0.771. The zero-order valence-electron chi connectivity index (χ0n) is 12.1. The Morgan fingerprint density at radius 1 is 1.53 bits per heavy atom. The van der Waals surface area contributed by atoms with Crippen LogP contribution >= 0.6 is 0 Å². The van der Waals surface area contributed by atoms with Crippen molar-refractivity contribution < 1.29 is 9.21 Å². The summed E-state index contributed by atoms with van der Waals surface area (Å²) >= 11 is 0. The number of hydrogen-bond acceptors (Lipinski definition) is 5. The second-order valence-corrected chi connectivity index (χ2v) is 5.37. The molecule has 0 radical (unpaired) electrons. The number of oxazole rings is 1. The molecule has 0 aliphatic heterocycles. The van der Waals surface area contributed by atoms with Gasteiger partial charge in [-0.1, -0.05) is 13.8 Å². The van der Waals surface area contributed by atoms with E-state index >= 15 is 0 Å². The van der Waals surface area contributed by atoms with Crippen molar-refractivity contribution in [3.05, 3.63) is 17.8 Å². The van der Waals surface area contributed by atoms with Crippen molar-refractivity contribution in [2.75, 3.05) is 27.2 Å². The van der Waals surface area contributed by atoms with E-state index in [-0.39, 0.29) is 17.6 Å². The molecule has 0 fully saturated rings. The van der Waals surface area contributed by atoms with E-state index in [1.54, 1.807) is 0 Å². The van der Waals surface area contributed by atoms with Crippen molar-refractivity contribution in [3.63, 3.8) is 0 Å². The highest BCUT2D eigenvalue weighted by Crippen LogP contribution is 2.17. The molecule has 1 aromatic rings. The Bertz CT molecular complexity index is 401. The summed E-state index contributed by atoms with van der Waals surface area (Å²) in [6.45, 7) is 5.52. The standard InChI is InChI=1S/C13H24N4O2/c1-9(2)7-10(14)13-16-11(8-19-13)12(18)15-5-6-17(3)4/h8-10H,5-7,14H2,1-4H3,(H,15,18). The summed E-state index contributed by atoms with van der Waals surface area (Å²) in [6.07, 6.45) is 2.14. The van der Waals surface area contributed by atoms with Gasteiger partial charge in [0.25, 0.3) is 5.91 Å². The van der Waals surface area contributed by atoms with E-state index in [1.165, 1.54) is 6.26 Å². The van der Waals surface area contributed by atoms with Crippen LogP contribution in [0.2, 0.25) is 0 Å². The minimum Gasteiger partial charge on any atom is -0.446 e. The second kappa shape index (κ2) is 7.25. The molecular formula is C13H24N4O2. The maximum absolute atomic E-state index is 11.8. The zero-order valence-corrected chi connectivity index (χ0v) is 12.1. The lowest BCUT2D eigenvalue weighted by Gasteiger charge is -2.10. The molecule has 6 heteroatoms. The van der Waals surface area contributed by atoms with Crippen LogP contribution in [0.5, 0.6) is 0 Å². The molecule has 0 saturated carbocycles. The summed E-state index contributed by atoms with van der Waals surface area (Å²) in [7, 11) is 3.90. The molecule has 0 aliphatic rings. The summed E-state index contributed by atoms with van der Waals surface area (Å²) in [6, 6.07) is -0.261. The summed E-state index contributed by atoms with van der Waals surface area (Å²) in [4.78, 5) is 17.9. The first-order valence-corrected chi connectivity index (χ1v) is 6.54. The third kappa shape index (κ3) is 5.40. The molecule has 3 N–H and O–H groups in total. The van der Waals surface area contributed by atoms with Crippen molar-refractivity contribution in [1.29, 1.82) is 0 Å². The van der Waals surface area contributed by atoms with Gasteiger partial charge in [-0.3, -0.25) is 4.79 Å².